The van der Waals surface area contributed by atoms with E-state index in [1.54, 1.807) is 0 Å². The Morgan fingerprint density at radius 1 is 0.471 bits per heavy atom. The second-order valence-corrected chi connectivity index (χ2v) is 4.09. The van der Waals surface area contributed by atoms with Crippen molar-refractivity contribution in [2.75, 3.05) is 0 Å². The lowest BCUT2D eigenvalue weighted by Crippen LogP contribution is -2.06. The van der Waals surface area contributed by atoms with Gasteiger partial charge in [0.2, 0.25) is 0 Å². The quantitative estimate of drug-likeness (QED) is 0.716. The molecule has 2 aromatic rings. The third-order valence-electron chi connectivity index (χ3n) is 2.99. The summed E-state index contributed by atoms with van der Waals surface area (Å²) in [5.74, 6) is 2.61. The van der Waals surface area contributed by atoms with Crippen molar-refractivity contribution in [3.63, 3.8) is 0 Å². The zero-order valence-corrected chi connectivity index (χ0v) is 9.51. The lowest BCUT2D eigenvalue weighted by molar-refractivity contribution is 1.15. The Morgan fingerprint density at radius 3 is 1.29 bits per heavy atom. The monoisotopic (exact) mass is 217 g/mol. The molecule has 0 aliphatic heterocycles. The van der Waals surface area contributed by atoms with Gasteiger partial charge in [0.05, 0.1) is 0 Å². The van der Waals surface area contributed by atoms with Crippen LogP contribution in [-0.2, 0) is 0 Å². The summed E-state index contributed by atoms with van der Waals surface area (Å²) in [4.78, 5) is 0. The van der Waals surface area contributed by atoms with Gasteiger partial charge in [-0.3, -0.25) is 0 Å². The molecule has 5 radical (unpaired) electrons. The van der Waals surface area contributed by atoms with Crippen LogP contribution in [-0.4, -0.2) is 0 Å². The average molecular weight is 217 g/mol. The Labute approximate surface area is 103 Å². The van der Waals surface area contributed by atoms with Crippen LogP contribution in [0.1, 0.15) is 11.1 Å². The largest absolute Gasteiger partial charge is 0.0622 e. The predicted molar refractivity (Wildman–Crippen MR) is 70.5 cm³/mol. The van der Waals surface area contributed by atoms with E-state index in [0.29, 0.717) is 0 Å². The summed E-state index contributed by atoms with van der Waals surface area (Å²) in [5.41, 5.74) is 2.55. The van der Waals surface area contributed by atoms with E-state index < -0.39 is 0 Å². The summed E-state index contributed by atoms with van der Waals surface area (Å²) >= 11 is 0. The van der Waals surface area contributed by atoms with Crippen LogP contribution in [0.5, 0.6) is 0 Å². The molecule has 0 saturated heterocycles. The number of rotatable bonds is 2. The highest BCUT2D eigenvalue weighted by Crippen LogP contribution is 2.42. The molecule has 0 heterocycles. The highest BCUT2D eigenvalue weighted by molar-refractivity contribution is 5.62. The van der Waals surface area contributed by atoms with E-state index in [2.05, 4.69) is 79.9 Å². The maximum absolute atomic E-state index is 2.18. The summed E-state index contributed by atoms with van der Waals surface area (Å²) in [6.07, 6.45) is 6.47. The third-order valence-corrected chi connectivity index (χ3v) is 2.99. The lowest BCUT2D eigenvalue weighted by Gasteiger charge is -2.18. The van der Waals surface area contributed by atoms with Crippen molar-refractivity contribution in [2.24, 2.45) is 0 Å². The van der Waals surface area contributed by atoms with Gasteiger partial charge in [0.15, 0.2) is 0 Å². The topological polar surface area (TPSA) is 0 Å². The number of hydrogen-bond acceptors (Lipinski definition) is 0. The normalized spacial score (nSPS) is 17.4. The van der Waals surface area contributed by atoms with E-state index in [9.17, 15) is 0 Å². The molecule has 1 aliphatic rings. The van der Waals surface area contributed by atoms with E-state index in [1.165, 1.54) is 23.0 Å². The van der Waals surface area contributed by atoms with Gasteiger partial charge in [-0.25, -0.2) is 0 Å². The van der Waals surface area contributed by atoms with Crippen LogP contribution in [0.4, 0.5) is 0 Å². The molecule has 0 nitrogen and oxygen atoms in total. The summed E-state index contributed by atoms with van der Waals surface area (Å²) in [7, 11) is 0. The fourth-order valence-electron chi connectivity index (χ4n) is 2.16. The second kappa shape index (κ2) is 4.75. The van der Waals surface area contributed by atoms with E-state index in [-0.39, 0.29) is 0 Å². The molecule has 1 fully saturated rings. The van der Waals surface area contributed by atoms with Gasteiger partial charge in [-0.2, -0.15) is 0 Å². The van der Waals surface area contributed by atoms with Crippen molar-refractivity contribution in [3.05, 3.63) is 103 Å². The van der Waals surface area contributed by atoms with Gasteiger partial charge in [0.25, 0.3) is 0 Å². The van der Waals surface area contributed by atoms with Crippen molar-refractivity contribution in [1.29, 1.82) is 0 Å². The smallest absolute Gasteiger partial charge is 0.0204 e. The lowest BCUT2D eigenvalue weighted by atomic mass is 9.84. The molecule has 0 N–H and O–H groups in total. The predicted octanol–water partition coefficient (Wildman–Crippen LogP) is 3.86. The molecule has 0 spiro atoms. The summed E-state index contributed by atoms with van der Waals surface area (Å²) in [5, 5.41) is 0. The average Bonchev–Trinajstić information content (AvgIpc) is 2.90. The van der Waals surface area contributed by atoms with Crippen molar-refractivity contribution >= 4 is 0 Å². The van der Waals surface area contributed by atoms with Crippen LogP contribution in [0.3, 0.4) is 0 Å². The van der Waals surface area contributed by atoms with Gasteiger partial charge >= 0.3 is 0 Å². The highest BCUT2D eigenvalue weighted by atomic mass is 14.3. The molecule has 17 heavy (non-hydrogen) atoms. The van der Waals surface area contributed by atoms with Gasteiger partial charge in [0, 0.05) is 11.8 Å². The Hall–Kier alpha value is -1.56. The van der Waals surface area contributed by atoms with Crippen LogP contribution in [0.15, 0.2) is 60.7 Å². The Kier molecular flexibility index (Phi) is 2.96. The summed E-state index contributed by atoms with van der Waals surface area (Å²) in [6, 6.07) is 21.0. The van der Waals surface area contributed by atoms with E-state index in [4.69, 9.17) is 0 Å². The van der Waals surface area contributed by atoms with Gasteiger partial charge in [0.1, 0.15) is 0 Å². The zero-order valence-electron chi connectivity index (χ0n) is 9.51. The van der Waals surface area contributed by atoms with E-state index in [0.717, 1.165) is 0 Å². The van der Waals surface area contributed by atoms with Gasteiger partial charge in [-0.15, -0.1) is 0 Å². The molecule has 2 aromatic carbocycles. The van der Waals surface area contributed by atoms with Crippen molar-refractivity contribution < 1.29 is 0 Å². The van der Waals surface area contributed by atoms with Crippen molar-refractivity contribution in [2.45, 2.75) is 0 Å². The first-order chi connectivity index (χ1) is 8.45. The molecule has 0 bridgehead atoms. The van der Waals surface area contributed by atoms with Crippen LogP contribution in [0, 0.1) is 31.1 Å². The Morgan fingerprint density at radius 2 is 0.882 bits per heavy atom. The molecule has 0 heteroatoms. The summed E-state index contributed by atoms with van der Waals surface area (Å²) < 4.78 is 0. The van der Waals surface area contributed by atoms with Crippen LogP contribution in [0.25, 0.3) is 0 Å². The van der Waals surface area contributed by atoms with E-state index >= 15 is 0 Å². The van der Waals surface area contributed by atoms with Gasteiger partial charge in [-0.05, 0) is 30.4 Å². The second-order valence-electron chi connectivity index (χ2n) is 4.09. The minimum absolute atomic E-state index is 1.27. The first kappa shape index (κ1) is 10.6. The van der Waals surface area contributed by atoms with Crippen LogP contribution in [0.2, 0.25) is 0 Å². The minimum atomic E-state index is 1.27. The maximum Gasteiger partial charge on any atom is 0.0204 e. The molecular formula is C17H13. The highest BCUT2D eigenvalue weighted by Gasteiger charge is 2.31. The molecule has 0 atom stereocenters. The molecule has 0 unspecified atom stereocenters. The number of hydrogen-bond donors (Lipinski definition) is 0. The SMILES string of the molecule is [CH]1[CH][C](c2ccccc2)[C](c2ccccc2)[CH]1. The first-order valence-corrected chi connectivity index (χ1v) is 5.82. The summed E-state index contributed by atoms with van der Waals surface area (Å²) in [6.45, 7) is 0. The van der Waals surface area contributed by atoms with Crippen molar-refractivity contribution in [1.82, 2.24) is 0 Å². The van der Waals surface area contributed by atoms with Gasteiger partial charge < -0.3 is 0 Å². The van der Waals surface area contributed by atoms with Crippen LogP contribution < -0.4 is 0 Å². The minimum Gasteiger partial charge on any atom is -0.0622 e. The molecule has 1 aliphatic carbocycles. The molecule has 3 rings (SSSR count). The number of benzene rings is 2. The maximum atomic E-state index is 2.18. The standard InChI is InChI=1S/C17H13/c1-3-8-14(9-4-1)16-12-7-13-17(16)15-10-5-2-6-11-15/h1-13H. The molecule has 0 aromatic heterocycles. The molecule has 0 amide bonds. The zero-order chi connectivity index (χ0) is 11.5. The van der Waals surface area contributed by atoms with Crippen molar-refractivity contribution in [3.8, 4) is 0 Å². The Balaban J connectivity index is 1.91. The van der Waals surface area contributed by atoms with Gasteiger partial charge in [-0.1, -0.05) is 60.7 Å². The Bertz CT molecular complexity index is 412. The molecular weight excluding hydrogens is 204 g/mol. The fourth-order valence-corrected chi connectivity index (χ4v) is 2.16. The first-order valence-electron chi connectivity index (χ1n) is 5.82. The van der Waals surface area contributed by atoms with E-state index in [1.807, 2.05) is 0 Å². The fraction of sp³-hybridized carbons (Fsp3) is 0. The molecule has 1 saturated carbocycles. The molecule has 81 valence electrons. The van der Waals surface area contributed by atoms with Crippen LogP contribution >= 0.6 is 0 Å². The third kappa shape index (κ3) is 2.12.